The second-order valence-electron chi connectivity index (χ2n) is 7.33. The molecule has 0 fully saturated rings. The lowest BCUT2D eigenvalue weighted by Gasteiger charge is -2.17. The van der Waals surface area contributed by atoms with Gasteiger partial charge in [0, 0.05) is 23.5 Å². The predicted molar refractivity (Wildman–Crippen MR) is 134 cm³/mol. The van der Waals surface area contributed by atoms with E-state index in [0.717, 1.165) is 17.0 Å². The zero-order chi connectivity index (χ0) is 21.5. The molecule has 1 unspecified atom stereocenters. The van der Waals surface area contributed by atoms with Crippen LogP contribution in [0.5, 0.6) is 5.75 Å². The fraction of sp³-hybridized carbons (Fsp3) is 0.107. The number of hydrogen-bond acceptors (Lipinski definition) is 2. The molecule has 0 aromatic heterocycles. The molecule has 0 bridgehead atoms. The Hall–Kier alpha value is -3.22. The monoisotopic (exact) mass is 423 g/mol. The summed E-state index contributed by atoms with van der Waals surface area (Å²) in [4.78, 5) is 4.66. The molecule has 0 aliphatic heterocycles. The zero-order valence-corrected chi connectivity index (χ0v) is 18.9. The molecule has 0 saturated heterocycles. The molecule has 0 radical (unpaired) electrons. The second kappa shape index (κ2) is 10.2. The average Bonchev–Trinajstić information content (AvgIpc) is 2.82. The van der Waals surface area contributed by atoms with Gasteiger partial charge >= 0.3 is 0 Å². The van der Waals surface area contributed by atoms with E-state index in [0.29, 0.717) is 15.2 Å². The van der Waals surface area contributed by atoms with Crippen molar-refractivity contribution in [3.63, 3.8) is 0 Å². The molecule has 31 heavy (non-hydrogen) atoms. The van der Waals surface area contributed by atoms with E-state index in [1.165, 1.54) is 27.3 Å². The molecule has 3 heteroatoms. The third-order valence-electron chi connectivity index (χ3n) is 5.18. The van der Waals surface area contributed by atoms with E-state index in [9.17, 15) is 0 Å². The van der Waals surface area contributed by atoms with Gasteiger partial charge < -0.3 is 4.74 Å². The van der Waals surface area contributed by atoms with Crippen LogP contribution in [0.1, 0.15) is 22.3 Å². The molecule has 0 N–H and O–H groups in total. The van der Waals surface area contributed by atoms with Crippen LogP contribution in [-0.2, 0) is 6.61 Å². The molecule has 4 aromatic rings. The minimum atomic E-state index is 0.476. The molecular formula is C28H26NOP. The maximum atomic E-state index is 6.22. The Morgan fingerprint density at radius 3 is 2.19 bits per heavy atom. The van der Waals surface area contributed by atoms with Crippen molar-refractivity contribution in [3.8, 4) is 5.75 Å². The number of ether oxygens (including phenoxy) is 1. The Balaban J connectivity index is 1.66. The average molecular weight is 423 g/mol. The first-order chi connectivity index (χ1) is 15.3. The molecule has 0 heterocycles. The molecule has 2 nitrogen and oxygen atoms in total. The highest BCUT2D eigenvalue weighted by molar-refractivity contribution is 7.56. The first kappa shape index (κ1) is 21.0. The molecule has 0 aliphatic rings. The minimum absolute atomic E-state index is 0.476. The largest absolute Gasteiger partial charge is 0.488 e. The fourth-order valence-electron chi connectivity index (χ4n) is 3.60. The summed E-state index contributed by atoms with van der Waals surface area (Å²) in [5.41, 5.74) is 5.78. The van der Waals surface area contributed by atoms with Crippen LogP contribution in [0.2, 0.25) is 0 Å². The van der Waals surface area contributed by atoms with Gasteiger partial charge in [-0.2, -0.15) is 0 Å². The van der Waals surface area contributed by atoms with Gasteiger partial charge in [-0.15, -0.1) is 0 Å². The van der Waals surface area contributed by atoms with E-state index in [4.69, 9.17) is 4.74 Å². The minimum Gasteiger partial charge on any atom is -0.488 e. The number of benzene rings is 4. The molecule has 4 rings (SSSR count). The van der Waals surface area contributed by atoms with Crippen LogP contribution in [0.25, 0.3) is 0 Å². The summed E-state index contributed by atoms with van der Waals surface area (Å²) in [6.07, 6.45) is 0. The smallest absolute Gasteiger partial charge is 0.127 e. The summed E-state index contributed by atoms with van der Waals surface area (Å²) < 4.78 is 6.22. The third kappa shape index (κ3) is 5.10. The Morgan fingerprint density at radius 1 is 0.774 bits per heavy atom. The van der Waals surface area contributed by atoms with Crippen LogP contribution in [0, 0.1) is 6.92 Å². The maximum absolute atomic E-state index is 6.22. The van der Waals surface area contributed by atoms with Crippen molar-refractivity contribution < 1.29 is 4.74 Å². The van der Waals surface area contributed by atoms with Crippen molar-refractivity contribution in [1.29, 1.82) is 0 Å². The number of hydrogen-bond donors (Lipinski definition) is 0. The lowest BCUT2D eigenvalue weighted by atomic mass is 10.0. The van der Waals surface area contributed by atoms with Crippen LogP contribution < -0.4 is 15.3 Å². The first-order valence-electron chi connectivity index (χ1n) is 10.4. The topological polar surface area (TPSA) is 21.6 Å². The Bertz CT molecular complexity index is 1170. The standard InChI is InChI=1S/C28H26NOP/c1-21-12-11-17-24(27(29-2)23-15-7-4-8-16-23)28(21)31-26-19-10-9-18-25(26)30-20-22-13-5-3-6-14-22/h3-19,31H,20H2,1-2H3/b29-27+. The summed E-state index contributed by atoms with van der Waals surface area (Å²) >= 11 is 0. The van der Waals surface area contributed by atoms with Crippen LogP contribution in [0.15, 0.2) is 108 Å². The van der Waals surface area contributed by atoms with Crippen LogP contribution in [0.3, 0.4) is 0 Å². The maximum Gasteiger partial charge on any atom is 0.127 e. The quantitative estimate of drug-likeness (QED) is 0.277. The van der Waals surface area contributed by atoms with Gasteiger partial charge in [0.15, 0.2) is 0 Å². The van der Waals surface area contributed by atoms with Crippen molar-refractivity contribution in [3.05, 3.63) is 125 Å². The summed E-state index contributed by atoms with van der Waals surface area (Å²) in [5, 5.41) is 2.51. The molecule has 154 valence electrons. The Morgan fingerprint density at radius 2 is 1.45 bits per heavy atom. The summed E-state index contributed by atoms with van der Waals surface area (Å²) in [5.74, 6) is 0.939. The zero-order valence-electron chi connectivity index (χ0n) is 17.9. The van der Waals surface area contributed by atoms with Crippen LogP contribution in [-0.4, -0.2) is 12.8 Å². The lowest BCUT2D eigenvalue weighted by molar-refractivity contribution is 0.309. The van der Waals surface area contributed by atoms with Crippen LogP contribution in [0.4, 0.5) is 0 Å². The normalized spacial score (nSPS) is 11.7. The van der Waals surface area contributed by atoms with Gasteiger partial charge in [0.2, 0.25) is 0 Å². The lowest BCUT2D eigenvalue weighted by Crippen LogP contribution is -2.19. The highest BCUT2D eigenvalue weighted by atomic mass is 31.1. The summed E-state index contributed by atoms with van der Waals surface area (Å²) in [6, 6.07) is 35.5. The molecule has 4 aromatic carbocycles. The van der Waals surface area contributed by atoms with Gasteiger partial charge in [-0.1, -0.05) is 106 Å². The summed E-state index contributed by atoms with van der Waals surface area (Å²) in [7, 11) is 2.35. The second-order valence-corrected chi connectivity index (χ2v) is 8.62. The highest BCUT2D eigenvalue weighted by Crippen LogP contribution is 2.25. The van der Waals surface area contributed by atoms with Gasteiger partial charge in [-0.3, -0.25) is 4.99 Å². The number of aryl methyl sites for hydroxylation is 1. The van der Waals surface area contributed by atoms with Gasteiger partial charge in [-0.05, 0) is 29.4 Å². The first-order valence-corrected chi connectivity index (χ1v) is 11.4. The number of rotatable bonds is 7. The Labute approximate surface area is 186 Å². The van der Waals surface area contributed by atoms with Gasteiger partial charge in [0.1, 0.15) is 12.4 Å². The van der Waals surface area contributed by atoms with Crippen molar-refractivity contribution in [1.82, 2.24) is 0 Å². The molecule has 0 saturated carbocycles. The number of para-hydroxylation sites is 1. The van der Waals surface area contributed by atoms with Crippen molar-refractivity contribution in [2.45, 2.75) is 13.5 Å². The molecule has 0 aliphatic carbocycles. The van der Waals surface area contributed by atoms with E-state index in [-0.39, 0.29) is 0 Å². The third-order valence-corrected chi connectivity index (χ3v) is 6.78. The van der Waals surface area contributed by atoms with Crippen molar-refractivity contribution >= 4 is 24.9 Å². The Kier molecular flexibility index (Phi) is 6.92. The van der Waals surface area contributed by atoms with E-state index in [2.05, 4.69) is 84.7 Å². The number of aliphatic imine (C=N–C) groups is 1. The molecule has 0 amide bonds. The fourth-order valence-corrected chi connectivity index (χ4v) is 4.94. The predicted octanol–water partition coefficient (Wildman–Crippen LogP) is 5.67. The van der Waals surface area contributed by atoms with Gasteiger partial charge in [-0.25, -0.2) is 0 Å². The molecule has 0 spiro atoms. The summed E-state index contributed by atoms with van der Waals surface area (Å²) in [6.45, 7) is 2.74. The highest BCUT2D eigenvalue weighted by Gasteiger charge is 2.15. The number of nitrogens with zero attached hydrogens (tertiary/aromatic N) is 1. The van der Waals surface area contributed by atoms with E-state index in [1.807, 2.05) is 37.4 Å². The van der Waals surface area contributed by atoms with Gasteiger partial charge in [0.05, 0.1) is 5.71 Å². The van der Waals surface area contributed by atoms with E-state index >= 15 is 0 Å². The molecular weight excluding hydrogens is 397 g/mol. The van der Waals surface area contributed by atoms with E-state index < -0.39 is 0 Å². The molecule has 1 atom stereocenters. The van der Waals surface area contributed by atoms with Crippen LogP contribution >= 0.6 is 8.58 Å². The SMILES string of the molecule is C/N=C(\c1ccccc1)c1cccc(C)c1Pc1ccccc1OCc1ccccc1. The van der Waals surface area contributed by atoms with E-state index in [1.54, 1.807) is 0 Å². The van der Waals surface area contributed by atoms with Crippen molar-refractivity contribution in [2.24, 2.45) is 4.99 Å². The van der Waals surface area contributed by atoms with Gasteiger partial charge in [0.25, 0.3) is 0 Å². The van der Waals surface area contributed by atoms with Crippen molar-refractivity contribution in [2.75, 3.05) is 7.05 Å².